The highest BCUT2D eigenvalue weighted by molar-refractivity contribution is 9.10. The van der Waals surface area contributed by atoms with E-state index in [1.54, 1.807) is 6.07 Å². The summed E-state index contributed by atoms with van der Waals surface area (Å²) in [5.74, 6) is 0.591. The van der Waals surface area contributed by atoms with Gasteiger partial charge in [0.25, 0.3) is 5.91 Å². The lowest BCUT2D eigenvalue weighted by Crippen LogP contribution is -2.39. The minimum absolute atomic E-state index is 0.150. The predicted octanol–water partition coefficient (Wildman–Crippen LogP) is 6.79. The van der Waals surface area contributed by atoms with Gasteiger partial charge < -0.3 is 4.42 Å². The van der Waals surface area contributed by atoms with Gasteiger partial charge in [-0.05, 0) is 49.7 Å². The summed E-state index contributed by atoms with van der Waals surface area (Å²) in [4.78, 5) is 19.1. The number of furan rings is 1. The molecule has 0 N–H and O–H groups in total. The molecule has 0 saturated carbocycles. The van der Waals surface area contributed by atoms with Crippen molar-refractivity contribution in [3.8, 4) is 0 Å². The van der Waals surface area contributed by atoms with Crippen molar-refractivity contribution in [2.45, 2.75) is 19.5 Å². The highest BCUT2D eigenvalue weighted by Crippen LogP contribution is 2.33. The Hall–Kier alpha value is -2.26. The minimum Gasteiger partial charge on any atom is -0.451 e. The molecule has 1 fully saturated rings. The van der Waals surface area contributed by atoms with Crippen LogP contribution in [0.1, 0.15) is 28.1 Å². The van der Waals surface area contributed by atoms with E-state index in [4.69, 9.17) is 4.42 Å². The standard InChI is InChI=1S/C21H16BrF3N2O2S/c1-12-16-11-14(22)6-7-17(16)29-18(12)19(28)27-8-3-9-30-20(27)26-15-5-2-4-13(10-15)21(23,24)25/h2,4-7,10-11H,3,8-9H2,1H3. The lowest BCUT2D eigenvalue weighted by molar-refractivity contribution is -0.137. The molecular weight excluding hydrogens is 481 g/mol. The van der Waals surface area contributed by atoms with E-state index in [-0.39, 0.29) is 17.4 Å². The Morgan fingerprint density at radius 3 is 2.80 bits per heavy atom. The number of carbonyl (C=O) groups is 1. The van der Waals surface area contributed by atoms with E-state index >= 15 is 0 Å². The molecule has 0 aliphatic carbocycles. The Morgan fingerprint density at radius 2 is 2.03 bits per heavy atom. The Kier molecular flexibility index (Phi) is 5.67. The van der Waals surface area contributed by atoms with Crippen molar-refractivity contribution in [3.63, 3.8) is 0 Å². The molecule has 30 heavy (non-hydrogen) atoms. The van der Waals surface area contributed by atoms with Gasteiger partial charge in [-0.25, -0.2) is 4.99 Å². The molecule has 0 atom stereocenters. The van der Waals surface area contributed by atoms with Crippen LogP contribution in [0.25, 0.3) is 11.0 Å². The molecule has 1 saturated heterocycles. The summed E-state index contributed by atoms with van der Waals surface area (Å²) in [7, 11) is 0. The number of fused-ring (bicyclic) bond motifs is 1. The fourth-order valence-corrected chi connectivity index (χ4v) is 4.54. The number of hydrogen-bond acceptors (Lipinski definition) is 4. The lowest BCUT2D eigenvalue weighted by Gasteiger charge is -2.27. The topological polar surface area (TPSA) is 45.8 Å². The molecule has 9 heteroatoms. The Labute approximate surface area is 183 Å². The number of benzene rings is 2. The predicted molar refractivity (Wildman–Crippen MR) is 115 cm³/mol. The highest BCUT2D eigenvalue weighted by Gasteiger charge is 2.31. The van der Waals surface area contributed by atoms with E-state index in [0.717, 1.165) is 34.2 Å². The zero-order valence-electron chi connectivity index (χ0n) is 15.8. The molecule has 1 aliphatic rings. The third kappa shape index (κ3) is 4.13. The Morgan fingerprint density at radius 1 is 1.23 bits per heavy atom. The van der Waals surface area contributed by atoms with Crippen molar-refractivity contribution in [2.24, 2.45) is 4.99 Å². The molecule has 2 heterocycles. The van der Waals surface area contributed by atoms with Crippen molar-refractivity contribution in [2.75, 3.05) is 12.3 Å². The summed E-state index contributed by atoms with van der Waals surface area (Å²) in [5.41, 5.74) is 0.685. The summed E-state index contributed by atoms with van der Waals surface area (Å²) in [5, 5.41) is 1.19. The molecule has 1 aliphatic heterocycles. The normalized spacial score (nSPS) is 16.4. The van der Waals surface area contributed by atoms with Crippen LogP contribution in [0.5, 0.6) is 0 Å². The summed E-state index contributed by atoms with van der Waals surface area (Å²) < 4.78 is 45.7. The SMILES string of the molecule is Cc1c(C(=O)N2CCCSC2=Nc2cccc(C(F)(F)F)c2)oc2ccc(Br)cc12. The number of aryl methyl sites for hydroxylation is 1. The van der Waals surface area contributed by atoms with E-state index < -0.39 is 11.7 Å². The average Bonchev–Trinajstić information content (AvgIpc) is 3.03. The minimum atomic E-state index is -4.45. The van der Waals surface area contributed by atoms with Crippen molar-refractivity contribution in [1.82, 2.24) is 4.90 Å². The van der Waals surface area contributed by atoms with Crippen LogP contribution in [0.2, 0.25) is 0 Å². The molecule has 0 unspecified atom stereocenters. The first-order valence-corrected chi connectivity index (χ1v) is 10.9. The van der Waals surface area contributed by atoms with Gasteiger partial charge in [0.15, 0.2) is 10.9 Å². The van der Waals surface area contributed by atoms with Crippen LogP contribution in [0.15, 0.2) is 56.3 Å². The van der Waals surface area contributed by atoms with Gasteiger partial charge in [-0.1, -0.05) is 33.8 Å². The molecule has 0 bridgehead atoms. The third-order valence-corrected chi connectivity index (χ3v) is 6.28. The van der Waals surface area contributed by atoms with E-state index in [1.807, 2.05) is 19.1 Å². The second-order valence-electron chi connectivity index (χ2n) is 6.80. The van der Waals surface area contributed by atoms with Crippen LogP contribution < -0.4 is 0 Å². The number of alkyl halides is 3. The third-order valence-electron chi connectivity index (χ3n) is 4.72. The number of amidine groups is 1. The molecule has 4 rings (SSSR count). The number of aliphatic imine (C=N–C) groups is 1. The average molecular weight is 497 g/mol. The van der Waals surface area contributed by atoms with Gasteiger partial charge in [0.05, 0.1) is 11.3 Å². The first kappa shape index (κ1) is 21.0. The smallest absolute Gasteiger partial charge is 0.416 e. The van der Waals surface area contributed by atoms with E-state index in [1.165, 1.54) is 28.8 Å². The van der Waals surface area contributed by atoms with Gasteiger partial charge in [0, 0.05) is 27.7 Å². The maximum Gasteiger partial charge on any atom is 0.416 e. The quantitative estimate of drug-likeness (QED) is 0.392. The number of carbonyl (C=O) groups excluding carboxylic acids is 1. The van der Waals surface area contributed by atoms with Crippen molar-refractivity contribution in [3.05, 3.63) is 63.8 Å². The molecule has 1 aromatic heterocycles. The molecule has 4 nitrogen and oxygen atoms in total. The Bertz CT molecular complexity index is 1160. The first-order chi connectivity index (χ1) is 14.2. The van der Waals surface area contributed by atoms with Crippen LogP contribution in [0.4, 0.5) is 18.9 Å². The van der Waals surface area contributed by atoms with Crippen LogP contribution in [0, 0.1) is 6.92 Å². The largest absolute Gasteiger partial charge is 0.451 e. The van der Waals surface area contributed by atoms with Gasteiger partial charge >= 0.3 is 6.18 Å². The fraction of sp³-hybridized carbons (Fsp3) is 0.238. The fourth-order valence-electron chi connectivity index (χ4n) is 3.22. The summed E-state index contributed by atoms with van der Waals surface area (Å²) >= 11 is 4.76. The van der Waals surface area contributed by atoms with Gasteiger partial charge in [-0.2, -0.15) is 13.2 Å². The Balaban J connectivity index is 1.70. The summed E-state index contributed by atoms with van der Waals surface area (Å²) in [6.45, 7) is 2.23. The molecule has 1 amide bonds. The number of halogens is 4. The first-order valence-electron chi connectivity index (χ1n) is 9.13. The molecule has 3 aromatic rings. The molecule has 0 spiro atoms. The van der Waals surface area contributed by atoms with E-state index in [9.17, 15) is 18.0 Å². The molecule has 0 radical (unpaired) electrons. The monoisotopic (exact) mass is 496 g/mol. The van der Waals surface area contributed by atoms with Gasteiger partial charge in [0.2, 0.25) is 0 Å². The number of nitrogens with zero attached hydrogens (tertiary/aromatic N) is 2. The van der Waals surface area contributed by atoms with E-state index in [0.29, 0.717) is 22.9 Å². The number of hydrogen-bond donors (Lipinski definition) is 0. The van der Waals surface area contributed by atoms with Crippen LogP contribution >= 0.6 is 27.7 Å². The van der Waals surface area contributed by atoms with Crippen LogP contribution in [0.3, 0.4) is 0 Å². The maximum atomic E-state index is 13.2. The zero-order valence-corrected chi connectivity index (χ0v) is 18.2. The lowest BCUT2D eigenvalue weighted by atomic mass is 10.1. The van der Waals surface area contributed by atoms with Gasteiger partial charge in [-0.15, -0.1) is 0 Å². The number of thioether (sulfide) groups is 1. The molecule has 2 aromatic carbocycles. The second-order valence-corrected chi connectivity index (χ2v) is 8.78. The maximum absolute atomic E-state index is 13.2. The zero-order chi connectivity index (χ0) is 21.5. The summed E-state index contributed by atoms with van der Waals surface area (Å²) in [6, 6.07) is 10.3. The van der Waals surface area contributed by atoms with Crippen LogP contribution in [-0.2, 0) is 6.18 Å². The van der Waals surface area contributed by atoms with Crippen molar-refractivity contribution < 1.29 is 22.4 Å². The van der Waals surface area contributed by atoms with Gasteiger partial charge in [-0.3, -0.25) is 9.69 Å². The number of amides is 1. The van der Waals surface area contributed by atoms with Crippen molar-refractivity contribution in [1.29, 1.82) is 0 Å². The summed E-state index contributed by atoms with van der Waals surface area (Å²) in [6.07, 6.45) is -3.70. The van der Waals surface area contributed by atoms with E-state index in [2.05, 4.69) is 20.9 Å². The van der Waals surface area contributed by atoms with Crippen LogP contribution in [-0.4, -0.2) is 28.3 Å². The number of rotatable bonds is 2. The second kappa shape index (κ2) is 8.11. The molecule has 156 valence electrons. The highest BCUT2D eigenvalue weighted by atomic mass is 79.9. The van der Waals surface area contributed by atoms with Gasteiger partial charge in [0.1, 0.15) is 5.58 Å². The van der Waals surface area contributed by atoms with Crippen molar-refractivity contribution >= 4 is 55.4 Å². The molecular formula is C21H16BrF3N2O2S.